The van der Waals surface area contributed by atoms with Gasteiger partial charge in [-0.3, -0.25) is 14.5 Å². The molecule has 2 amide bonds. The summed E-state index contributed by atoms with van der Waals surface area (Å²) < 4.78 is 0. The number of hydrogen-bond donors (Lipinski definition) is 1. The highest BCUT2D eigenvalue weighted by atomic mass is 16.2. The Morgan fingerprint density at radius 2 is 2.06 bits per heavy atom. The monoisotopic (exact) mass is 239 g/mol. The average Bonchev–Trinajstić information content (AvgIpc) is 2.29. The molecule has 0 fully saturated rings. The molecule has 0 saturated heterocycles. The first kappa shape index (κ1) is 13.5. The van der Waals surface area contributed by atoms with Crippen molar-refractivity contribution < 1.29 is 9.59 Å². The molecule has 0 radical (unpaired) electrons. The minimum Gasteiger partial charge on any atom is -0.371 e. The maximum atomic E-state index is 12.3. The molecule has 1 N–H and O–H groups in total. The molecular weight excluding hydrogens is 218 g/mol. The van der Waals surface area contributed by atoms with Crippen molar-refractivity contribution in [1.29, 1.82) is 0 Å². The van der Waals surface area contributed by atoms with E-state index in [1.165, 1.54) is 4.90 Å². The van der Waals surface area contributed by atoms with Gasteiger partial charge in [0.1, 0.15) is 5.82 Å². The molecule has 1 aliphatic heterocycles. The molecule has 0 spiro atoms. The van der Waals surface area contributed by atoms with Gasteiger partial charge in [-0.15, -0.1) is 0 Å². The van der Waals surface area contributed by atoms with E-state index in [2.05, 4.69) is 5.32 Å². The van der Waals surface area contributed by atoms with Crippen molar-refractivity contribution in [2.45, 2.75) is 32.7 Å². The molecule has 1 heterocycles. The second-order valence-corrected chi connectivity index (χ2v) is 4.66. The van der Waals surface area contributed by atoms with Crippen molar-refractivity contribution in [1.82, 2.24) is 15.1 Å². The van der Waals surface area contributed by atoms with Gasteiger partial charge in [0.05, 0.1) is 5.57 Å². The highest BCUT2D eigenvalue weighted by molar-refractivity contribution is 6.00. The molecular formula is C12H21N3O2. The van der Waals surface area contributed by atoms with E-state index in [1.54, 1.807) is 0 Å². The van der Waals surface area contributed by atoms with Crippen molar-refractivity contribution in [3.8, 4) is 0 Å². The zero-order chi connectivity index (χ0) is 13.0. The van der Waals surface area contributed by atoms with Crippen LogP contribution in [0.1, 0.15) is 26.7 Å². The van der Waals surface area contributed by atoms with Crippen LogP contribution in [0.25, 0.3) is 0 Å². The molecule has 5 heteroatoms. The summed E-state index contributed by atoms with van der Waals surface area (Å²) in [5.74, 6) is 0.639. The summed E-state index contributed by atoms with van der Waals surface area (Å²) in [7, 11) is 3.78. The summed E-state index contributed by atoms with van der Waals surface area (Å²) in [6.45, 7) is 4.53. The number of rotatable bonds is 4. The fraction of sp³-hybridized carbons (Fsp3) is 0.667. The highest BCUT2D eigenvalue weighted by Gasteiger charge is 2.26. The predicted molar refractivity (Wildman–Crippen MR) is 66.0 cm³/mol. The molecule has 0 aromatic carbocycles. The molecule has 0 aromatic heterocycles. The lowest BCUT2D eigenvalue weighted by Gasteiger charge is -2.29. The quantitative estimate of drug-likeness (QED) is 0.727. The van der Waals surface area contributed by atoms with Gasteiger partial charge in [0.2, 0.25) is 6.41 Å². The maximum absolute atomic E-state index is 12.3. The summed E-state index contributed by atoms with van der Waals surface area (Å²) >= 11 is 0. The molecule has 5 nitrogen and oxygen atoms in total. The van der Waals surface area contributed by atoms with E-state index in [0.717, 1.165) is 25.2 Å². The second-order valence-electron chi connectivity index (χ2n) is 4.66. The minimum absolute atomic E-state index is 0.113. The molecule has 96 valence electrons. The summed E-state index contributed by atoms with van der Waals surface area (Å²) in [6, 6.07) is -0.113. The third-order valence-electron chi connectivity index (χ3n) is 2.79. The van der Waals surface area contributed by atoms with E-state index in [1.807, 2.05) is 32.8 Å². The zero-order valence-electron chi connectivity index (χ0n) is 11.0. The van der Waals surface area contributed by atoms with E-state index in [9.17, 15) is 9.59 Å². The Morgan fingerprint density at radius 3 is 2.53 bits per heavy atom. The van der Waals surface area contributed by atoms with Crippen LogP contribution in [0.5, 0.6) is 0 Å². The van der Waals surface area contributed by atoms with Crippen LogP contribution in [0.15, 0.2) is 11.4 Å². The van der Waals surface area contributed by atoms with Crippen LogP contribution >= 0.6 is 0 Å². The average molecular weight is 239 g/mol. The van der Waals surface area contributed by atoms with Crippen LogP contribution in [0, 0.1) is 0 Å². The first-order chi connectivity index (χ1) is 7.99. The molecule has 0 aliphatic carbocycles. The van der Waals surface area contributed by atoms with Crippen LogP contribution in [0.2, 0.25) is 0 Å². The van der Waals surface area contributed by atoms with Gasteiger partial charge in [-0.1, -0.05) is 0 Å². The minimum atomic E-state index is -0.189. The van der Waals surface area contributed by atoms with Crippen molar-refractivity contribution in [2.24, 2.45) is 0 Å². The van der Waals surface area contributed by atoms with Crippen molar-refractivity contribution in [3.63, 3.8) is 0 Å². The Hall–Kier alpha value is -1.52. The van der Waals surface area contributed by atoms with Crippen molar-refractivity contribution in [2.75, 3.05) is 20.6 Å². The third kappa shape index (κ3) is 2.99. The van der Waals surface area contributed by atoms with E-state index in [-0.39, 0.29) is 11.9 Å². The van der Waals surface area contributed by atoms with Gasteiger partial charge in [-0.25, -0.2) is 0 Å². The second kappa shape index (κ2) is 5.70. The normalized spacial score (nSPS) is 15.6. The van der Waals surface area contributed by atoms with Gasteiger partial charge >= 0.3 is 0 Å². The first-order valence-electron chi connectivity index (χ1n) is 5.91. The number of hydrogen-bond acceptors (Lipinski definition) is 4. The van der Waals surface area contributed by atoms with Crippen LogP contribution in [-0.2, 0) is 9.59 Å². The lowest BCUT2D eigenvalue weighted by Crippen LogP contribution is -2.41. The van der Waals surface area contributed by atoms with Gasteiger partial charge in [0, 0.05) is 26.7 Å². The standard InChI is InChI=1S/C12H21N3O2/c1-9(2)15(8-16)12(17)10-6-5-7-13-11(10)14(3)4/h8-9,13H,5-7H2,1-4H3. The van der Waals surface area contributed by atoms with Crippen molar-refractivity contribution in [3.05, 3.63) is 11.4 Å². The number of imide groups is 1. The molecule has 0 saturated carbocycles. The van der Waals surface area contributed by atoms with Gasteiger partial charge < -0.3 is 10.2 Å². The summed E-state index contributed by atoms with van der Waals surface area (Å²) in [5, 5.41) is 3.21. The summed E-state index contributed by atoms with van der Waals surface area (Å²) in [4.78, 5) is 26.3. The SMILES string of the molecule is CC(C)N(C=O)C(=O)C1=C(N(C)C)NCCC1. The Balaban J connectivity index is 3.02. The summed E-state index contributed by atoms with van der Waals surface area (Å²) in [5.41, 5.74) is 0.696. The molecule has 1 aliphatic rings. The Morgan fingerprint density at radius 1 is 1.41 bits per heavy atom. The van der Waals surface area contributed by atoms with Gasteiger partial charge in [-0.2, -0.15) is 0 Å². The third-order valence-corrected chi connectivity index (χ3v) is 2.79. The Labute approximate surface area is 102 Å². The van der Waals surface area contributed by atoms with Crippen LogP contribution in [-0.4, -0.2) is 48.8 Å². The van der Waals surface area contributed by atoms with E-state index >= 15 is 0 Å². The number of carbonyl (C=O) groups excluding carboxylic acids is 2. The topological polar surface area (TPSA) is 52.7 Å². The summed E-state index contributed by atoms with van der Waals surface area (Å²) in [6.07, 6.45) is 2.25. The van der Waals surface area contributed by atoms with Gasteiger partial charge in [0.25, 0.3) is 5.91 Å². The number of amides is 2. The van der Waals surface area contributed by atoms with E-state index < -0.39 is 0 Å². The lowest BCUT2D eigenvalue weighted by atomic mass is 10.0. The zero-order valence-corrected chi connectivity index (χ0v) is 11.0. The maximum Gasteiger partial charge on any atom is 0.260 e. The number of nitrogens with zero attached hydrogens (tertiary/aromatic N) is 2. The number of carbonyl (C=O) groups is 2. The molecule has 0 bridgehead atoms. The van der Waals surface area contributed by atoms with Crippen LogP contribution < -0.4 is 5.32 Å². The van der Waals surface area contributed by atoms with Crippen molar-refractivity contribution >= 4 is 12.3 Å². The lowest BCUT2D eigenvalue weighted by molar-refractivity contribution is -0.137. The molecule has 0 aromatic rings. The predicted octanol–water partition coefficient (Wildman–Crippen LogP) is 0.536. The van der Waals surface area contributed by atoms with E-state index in [0.29, 0.717) is 12.0 Å². The molecule has 0 atom stereocenters. The van der Waals surface area contributed by atoms with Crippen LogP contribution in [0.4, 0.5) is 0 Å². The molecule has 1 rings (SSSR count). The fourth-order valence-corrected chi connectivity index (χ4v) is 1.89. The molecule has 17 heavy (non-hydrogen) atoms. The highest BCUT2D eigenvalue weighted by Crippen LogP contribution is 2.19. The Bertz CT molecular complexity index is 335. The van der Waals surface area contributed by atoms with Gasteiger partial charge in [-0.05, 0) is 26.7 Å². The van der Waals surface area contributed by atoms with Gasteiger partial charge in [0.15, 0.2) is 0 Å². The van der Waals surface area contributed by atoms with E-state index in [4.69, 9.17) is 0 Å². The Kier molecular flexibility index (Phi) is 4.54. The van der Waals surface area contributed by atoms with Crippen LogP contribution in [0.3, 0.4) is 0 Å². The fourth-order valence-electron chi connectivity index (χ4n) is 1.89. The largest absolute Gasteiger partial charge is 0.371 e. The smallest absolute Gasteiger partial charge is 0.260 e. The molecule has 0 unspecified atom stereocenters. The number of nitrogens with one attached hydrogen (secondary N) is 1. The first-order valence-corrected chi connectivity index (χ1v) is 5.91.